The van der Waals surface area contributed by atoms with Crippen LogP contribution in [0.2, 0.25) is 0 Å². The molecule has 0 aliphatic heterocycles. The molecule has 0 nitrogen and oxygen atoms in total. The zero-order chi connectivity index (χ0) is 34.1. The van der Waals surface area contributed by atoms with Crippen LogP contribution in [-0.4, -0.2) is 0 Å². The molecule has 0 fully saturated rings. The molecule has 2 aromatic heterocycles. The average molecular weight is 695 g/mol. The minimum atomic E-state index is 1.10. The second kappa shape index (κ2) is 17.2. The summed E-state index contributed by atoms with van der Waals surface area (Å²) >= 11 is 3.99. The first-order chi connectivity index (χ1) is 24.7. The third kappa shape index (κ3) is 8.70. The number of benzene rings is 5. The van der Waals surface area contributed by atoms with Gasteiger partial charge in [0, 0.05) is 29.9 Å². The molecule has 7 rings (SSSR count). The quantitative estimate of drug-likeness (QED) is 0.0619. The predicted octanol–water partition coefficient (Wildman–Crippen LogP) is 15.0. The van der Waals surface area contributed by atoms with E-state index in [0.29, 0.717) is 0 Å². The van der Waals surface area contributed by atoms with Crippen LogP contribution in [0.1, 0.15) is 110 Å². The minimum absolute atomic E-state index is 1.10. The molecule has 0 aliphatic carbocycles. The van der Waals surface area contributed by atoms with E-state index in [1.165, 1.54) is 151 Å². The van der Waals surface area contributed by atoms with Gasteiger partial charge in [-0.15, -0.1) is 22.7 Å². The van der Waals surface area contributed by atoms with Gasteiger partial charge in [-0.2, -0.15) is 0 Å². The predicted molar refractivity (Wildman–Crippen MR) is 225 cm³/mol. The number of aryl methyl sites for hydroxylation is 6. The number of hydrogen-bond donors (Lipinski definition) is 0. The van der Waals surface area contributed by atoms with E-state index in [1.54, 1.807) is 0 Å². The topological polar surface area (TPSA) is 0 Å². The van der Waals surface area contributed by atoms with E-state index in [1.807, 2.05) is 22.7 Å². The Morgan fingerprint density at radius 3 is 1.10 bits per heavy atom. The molecule has 0 amide bonds. The van der Waals surface area contributed by atoms with E-state index in [0.717, 1.165) is 25.7 Å². The lowest BCUT2D eigenvalue weighted by Gasteiger charge is -2.05. The van der Waals surface area contributed by atoms with Crippen LogP contribution in [0.3, 0.4) is 0 Å². The largest absolute Gasteiger partial charge is 0.140 e. The van der Waals surface area contributed by atoms with E-state index in [2.05, 4.69) is 111 Å². The van der Waals surface area contributed by atoms with Crippen LogP contribution < -0.4 is 0 Å². The molecule has 2 heterocycles. The average Bonchev–Trinajstić information content (AvgIpc) is 3.78. The summed E-state index contributed by atoms with van der Waals surface area (Å²) in [5, 5.41) is 8.28. The molecular weight excluding hydrogens is 641 g/mol. The van der Waals surface area contributed by atoms with Crippen LogP contribution in [-0.2, 0) is 38.5 Å². The van der Waals surface area contributed by atoms with Crippen LogP contribution >= 0.6 is 22.7 Å². The van der Waals surface area contributed by atoms with E-state index in [-0.39, 0.29) is 0 Å². The molecule has 258 valence electrons. The Hall–Kier alpha value is -3.46. The summed E-state index contributed by atoms with van der Waals surface area (Å²) < 4.78 is 2.87. The summed E-state index contributed by atoms with van der Waals surface area (Å²) in [4.78, 5) is 2.98. The second-order valence-electron chi connectivity index (χ2n) is 14.6. The maximum absolute atomic E-state index is 2.46. The lowest BCUT2D eigenvalue weighted by Crippen LogP contribution is -1.91. The highest BCUT2D eigenvalue weighted by Crippen LogP contribution is 2.39. The SMILES string of the molecule is CCCCCCCc1ccc(CCc2cc3ccc4cc5c(ccc6cc(CCc7ccc(CCCCCCC)cc7)sc65)cc4c3s2)cc1. The zero-order valence-electron chi connectivity index (χ0n) is 30.4. The highest BCUT2D eigenvalue weighted by molar-refractivity contribution is 7.20. The third-order valence-electron chi connectivity index (χ3n) is 10.7. The van der Waals surface area contributed by atoms with Crippen LogP contribution in [0.15, 0.2) is 97.1 Å². The minimum Gasteiger partial charge on any atom is -0.140 e. The van der Waals surface area contributed by atoms with Gasteiger partial charge in [0.05, 0.1) is 0 Å². The summed E-state index contributed by atoms with van der Waals surface area (Å²) in [6.45, 7) is 4.57. The molecular formula is C48H54S2. The van der Waals surface area contributed by atoms with Gasteiger partial charge in [0.1, 0.15) is 0 Å². The smallest absolute Gasteiger partial charge is 0.0424 e. The van der Waals surface area contributed by atoms with Gasteiger partial charge in [0.15, 0.2) is 0 Å². The first-order valence-electron chi connectivity index (χ1n) is 19.6. The molecule has 0 bridgehead atoms. The van der Waals surface area contributed by atoms with Gasteiger partial charge in [-0.05, 0) is 119 Å². The molecule has 0 unspecified atom stereocenters. The summed E-state index contributed by atoms with van der Waals surface area (Å²) in [7, 11) is 0. The Kier molecular flexibility index (Phi) is 12.0. The van der Waals surface area contributed by atoms with Crippen molar-refractivity contribution in [3.8, 4) is 0 Å². The first kappa shape index (κ1) is 35.0. The van der Waals surface area contributed by atoms with Crippen LogP contribution in [0.25, 0.3) is 41.7 Å². The fraction of sp³-hybridized carbons (Fsp3) is 0.375. The monoisotopic (exact) mass is 694 g/mol. The first-order valence-corrected chi connectivity index (χ1v) is 21.3. The van der Waals surface area contributed by atoms with E-state index in [4.69, 9.17) is 0 Å². The van der Waals surface area contributed by atoms with Crippen molar-refractivity contribution in [3.63, 3.8) is 0 Å². The van der Waals surface area contributed by atoms with Gasteiger partial charge in [0.2, 0.25) is 0 Å². The fourth-order valence-electron chi connectivity index (χ4n) is 7.64. The van der Waals surface area contributed by atoms with E-state index < -0.39 is 0 Å². The number of unbranched alkanes of at least 4 members (excludes halogenated alkanes) is 8. The van der Waals surface area contributed by atoms with Crippen molar-refractivity contribution in [2.45, 2.75) is 117 Å². The molecule has 0 atom stereocenters. The van der Waals surface area contributed by atoms with Crippen LogP contribution in [0, 0.1) is 0 Å². The molecule has 50 heavy (non-hydrogen) atoms. The maximum atomic E-state index is 2.46. The van der Waals surface area contributed by atoms with Crippen molar-refractivity contribution in [3.05, 3.63) is 129 Å². The summed E-state index contributed by atoms with van der Waals surface area (Å²) in [5.74, 6) is 0. The van der Waals surface area contributed by atoms with Gasteiger partial charge in [-0.3, -0.25) is 0 Å². The highest BCUT2D eigenvalue weighted by atomic mass is 32.1. The van der Waals surface area contributed by atoms with Crippen molar-refractivity contribution in [2.24, 2.45) is 0 Å². The third-order valence-corrected chi connectivity index (χ3v) is 13.2. The van der Waals surface area contributed by atoms with Crippen LogP contribution in [0.4, 0.5) is 0 Å². The summed E-state index contributed by atoms with van der Waals surface area (Å²) in [6, 6.07) is 38.1. The standard InChI is InChI=1S/C48H54S2/c1-3-5-7-9-11-13-35-15-19-37(20-16-35)23-29-43-31-41-27-25-39-34-46-40(33-45(39)47(41)49-43)26-28-42-32-44(50-48(42)46)30-24-38-21-17-36(18-22-38)14-12-10-8-6-4-2/h15-22,25-28,31-34H,3-14,23-24,29-30H2,1-2H3. The van der Waals surface area contributed by atoms with Gasteiger partial charge in [-0.1, -0.05) is 138 Å². The molecule has 0 N–H and O–H groups in total. The molecule has 5 aromatic carbocycles. The van der Waals surface area contributed by atoms with E-state index in [9.17, 15) is 0 Å². The normalized spacial score (nSPS) is 11.9. The Bertz CT molecular complexity index is 1970. The number of hydrogen-bond acceptors (Lipinski definition) is 2. The van der Waals surface area contributed by atoms with Crippen molar-refractivity contribution in [1.29, 1.82) is 0 Å². The number of thiophene rings is 2. The molecule has 0 radical (unpaired) electrons. The molecule has 2 heteroatoms. The van der Waals surface area contributed by atoms with Crippen molar-refractivity contribution >= 4 is 64.4 Å². The van der Waals surface area contributed by atoms with Crippen molar-refractivity contribution in [2.75, 3.05) is 0 Å². The number of rotatable bonds is 18. The lowest BCUT2D eigenvalue weighted by atomic mass is 10.0. The second-order valence-corrected chi connectivity index (χ2v) is 16.9. The molecule has 0 saturated carbocycles. The Labute approximate surface area is 308 Å². The summed E-state index contributed by atoms with van der Waals surface area (Å²) in [5.41, 5.74) is 5.89. The van der Waals surface area contributed by atoms with Crippen molar-refractivity contribution < 1.29 is 0 Å². The zero-order valence-corrected chi connectivity index (χ0v) is 32.0. The summed E-state index contributed by atoms with van der Waals surface area (Å²) in [6.07, 6.45) is 20.4. The molecule has 0 aliphatic rings. The number of fused-ring (bicyclic) bond motifs is 6. The van der Waals surface area contributed by atoms with Gasteiger partial charge < -0.3 is 0 Å². The molecule has 0 spiro atoms. The lowest BCUT2D eigenvalue weighted by molar-refractivity contribution is 0.632. The van der Waals surface area contributed by atoms with Gasteiger partial charge in [0.25, 0.3) is 0 Å². The Morgan fingerprint density at radius 1 is 0.340 bits per heavy atom. The van der Waals surface area contributed by atoms with E-state index >= 15 is 0 Å². The highest BCUT2D eigenvalue weighted by Gasteiger charge is 2.12. The van der Waals surface area contributed by atoms with Gasteiger partial charge in [-0.25, -0.2) is 0 Å². The maximum Gasteiger partial charge on any atom is 0.0424 e. The van der Waals surface area contributed by atoms with Gasteiger partial charge >= 0.3 is 0 Å². The van der Waals surface area contributed by atoms with Crippen LogP contribution in [0.5, 0.6) is 0 Å². The fourth-order valence-corrected chi connectivity index (χ4v) is 10.0. The Balaban J connectivity index is 1.00. The molecule has 0 saturated heterocycles. The van der Waals surface area contributed by atoms with Crippen molar-refractivity contribution in [1.82, 2.24) is 0 Å². The Morgan fingerprint density at radius 2 is 0.700 bits per heavy atom. The molecule has 7 aromatic rings.